The van der Waals surface area contributed by atoms with Gasteiger partial charge in [-0.1, -0.05) is 6.42 Å². The largest absolute Gasteiger partial charge is 0.396 e. The van der Waals surface area contributed by atoms with Crippen LogP contribution in [0.25, 0.3) is 0 Å². The van der Waals surface area contributed by atoms with Crippen molar-refractivity contribution < 1.29 is 17.9 Å². The van der Waals surface area contributed by atoms with Crippen molar-refractivity contribution in [2.24, 2.45) is 5.41 Å². The topological polar surface area (TPSA) is 9.23 Å². The van der Waals surface area contributed by atoms with E-state index >= 15 is 0 Å². The first kappa shape index (κ1) is 10.8. The van der Waals surface area contributed by atoms with E-state index < -0.39 is 11.6 Å². The van der Waals surface area contributed by atoms with E-state index in [1.165, 1.54) is 0 Å². The molecule has 0 N–H and O–H groups in total. The van der Waals surface area contributed by atoms with Crippen LogP contribution in [0.2, 0.25) is 0 Å². The molecule has 0 aliphatic heterocycles. The Labute approximate surface area is 76.3 Å². The lowest BCUT2D eigenvalue weighted by Crippen LogP contribution is -2.47. The van der Waals surface area contributed by atoms with Crippen molar-refractivity contribution in [3.8, 4) is 0 Å². The maximum absolute atomic E-state index is 12.5. The van der Waals surface area contributed by atoms with Crippen molar-refractivity contribution in [2.75, 3.05) is 6.61 Å². The van der Waals surface area contributed by atoms with E-state index in [0.29, 0.717) is 6.42 Å². The molecule has 0 aromatic carbocycles. The summed E-state index contributed by atoms with van der Waals surface area (Å²) in [5.74, 6) is 0. The van der Waals surface area contributed by atoms with Gasteiger partial charge in [-0.15, -0.1) is 0 Å². The summed E-state index contributed by atoms with van der Waals surface area (Å²) in [6.07, 6.45) is -3.10. The molecule has 0 radical (unpaired) electrons. The Bertz CT molecular complexity index is 170. The maximum atomic E-state index is 12.5. The highest BCUT2D eigenvalue weighted by Gasteiger charge is 2.58. The molecule has 0 spiro atoms. The first-order valence-corrected chi connectivity index (χ1v) is 4.56. The van der Waals surface area contributed by atoms with Crippen molar-refractivity contribution in [1.82, 2.24) is 0 Å². The summed E-state index contributed by atoms with van der Waals surface area (Å²) in [6.45, 7) is 3.33. The summed E-state index contributed by atoms with van der Waals surface area (Å²) in [5.41, 5.74) is -1.53. The van der Waals surface area contributed by atoms with E-state index in [2.05, 4.69) is 0 Å². The van der Waals surface area contributed by atoms with E-state index in [9.17, 15) is 13.2 Å². The van der Waals surface area contributed by atoms with Crippen molar-refractivity contribution in [3.63, 3.8) is 0 Å². The molecule has 1 rings (SSSR count). The highest BCUT2D eigenvalue weighted by molar-refractivity contribution is 4.93. The van der Waals surface area contributed by atoms with Crippen LogP contribution in [0.1, 0.15) is 33.1 Å². The van der Waals surface area contributed by atoms with E-state index in [-0.39, 0.29) is 25.6 Å². The summed E-state index contributed by atoms with van der Waals surface area (Å²) in [5, 5.41) is 0. The molecule has 0 unspecified atom stereocenters. The third-order valence-electron chi connectivity index (χ3n) is 2.60. The first-order valence-electron chi connectivity index (χ1n) is 4.56. The van der Waals surface area contributed by atoms with E-state index in [1.54, 1.807) is 13.8 Å². The van der Waals surface area contributed by atoms with Crippen LogP contribution in [0, 0.1) is 5.41 Å². The van der Waals surface area contributed by atoms with Crippen LogP contribution >= 0.6 is 0 Å². The molecule has 13 heavy (non-hydrogen) atoms. The van der Waals surface area contributed by atoms with Crippen molar-refractivity contribution >= 4 is 0 Å². The molecule has 0 heterocycles. The fraction of sp³-hybridized carbons (Fsp3) is 1.00. The van der Waals surface area contributed by atoms with Gasteiger partial charge in [0, 0.05) is 0 Å². The Kier molecular flexibility index (Phi) is 2.90. The highest BCUT2D eigenvalue weighted by Crippen LogP contribution is 2.53. The molecular formula is C9H15F3O. The second kappa shape index (κ2) is 3.48. The van der Waals surface area contributed by atoms with Crippen LogP contribution in [0.3, 0.4) is 0 Å². The van der Waals surface area contributed by atoms with Gasteiger partial charge in [0.15, 0.2) is 0 Å². The highest BCUT2D eigenvalue weighted by atomic mass is 19.4. The normalized spacial score (nSPS) is 21.7. The number of hydrogen-bond acceptors (Lipinski definition) is 1. The van der Waals surface area contributed by atoms with Gasteiger partial charge in [-0.2, -0.15) is 13.2 Å². The third-order valence-corrected chi connectivity index (χ3v) is 2.60. The van der Waals surface area contributed by atoms with Crippen LogP contribution < -0.4 is 0 Å². The quantitative estimate of drug-likeness (QED) is 0.673. The molecule has 0 atom stereocenters. The molecule has 0 aromatic heterocycles. The Morgan fingerprint density at radius 1 is 1.31 bits per heavy atom. The lowest BCUT2D eigenvalue weighted by molar-refractivity contribution is -0.269. The number of ether oxygens (including phenoxy) is 1. The molecule has 1 aliphatic rings. The zero-order valence-electron chi connectivity index (χ0n) is 7.95. The minimum Gasteiger partial charge on any atom is -0.378 e. The number of hydrogen-bond donors (Lipinski definition) is 0. The van der Waals surface area contributed by atoms with Gasteiger partial charge in [-0.3, -0.25) is 0 Å². The molecule has 0 saturated heterocycles. The zero-order chi connectivity index (χ0) is 10.1. The fourth-order valence-electron chi connectivity index (χ4n) is 1.44. The van der Waals surface area contributed by atoms with Crippen LogP contribution in [0.15, 0.2) is 0 Å². The second-order valence-electron chi connectivity index (χ2n) is 3.99. The predicted octanol–water partition coefficient (Wildman–Crippen LogP) is 3.14. The fourth-order valence-corrected chi connectivity index (χ4v) is 1.44. The van der Waals surface area contributed by atoms with Gasteiger partial charge in [-0.05, 0) is 26.7 Å². The maximum Gasteiger partial charge on any atom is 0.396 e. The minimum absolute atomic E-state index is 0.125. The molecular weight excluding hydrogens is 181 g/mol. The van der Waals surface area contributed by atoms with Gasteiger partial charge in [-0.25, -0.2) is 0 Å². The summed E-state index contributed by atoms with van der Waals surface area (Å²) in [7, 11) is 0. The Morgan fingerprint density at radius 3 is 2.08 bits per heavy atom. The summed E-state index contributed by atoms with van der Waals surface area (Å²) >= 11 is 0. The number of halogens is 3. The molecule has 1 fully saturated rings. The Balaban J connectivity index is 2.51. The van der Waals surface area contributed by atoms with Gasteiger partial charge in [0.25, 0.3) is 0 Å². The van der Waals surface area contributed by atoms with Gasteiger partial charge < -0.3 is 4.74 Å². The summed E-state index contributed by atoms with van der Waals surface area (Å²) < 4.78 is 42.6. The lowest BCUT2D eigenvalue weighted by Gasteiger charge is -2.43. The van der Waals surface area contributed by atoms with E-state index in [4.69, 9.17) is 4.74 Å². The third kappa shape index (κ3) is 2.16. The van der Waals surface area contributed by atoms with Crippen LogP contribution in [0.4, 0.5) is 13.2 Å². The lowest BCUT2D eigenvalue weighted by atomic mass is 9.69. The Morgan fingerprint density at radius 2 is 1.85 bits per heavy atom. The van der Waals surface area contributed by atoms with Crippen molar-refractivity contribution in [2.45, 2.75) is 45.4 Å². The van der Waals surface area contributed by atoms with Gasteiger partial charge >= 0.3 is 6.18 Å². The average molecular weight is 196 g/mol. The monoisotopic (exact) mass is 196 g/mol. The summed E-state index contributed by atoms with van der Waals surface area (Å²) in [4.78, 5) is 0. The minimum atomic E-state index is -4.10. The standard InChI is InChI=1S/C9H15F3O/c1-7(2)13-6-8(4-3-5-8)9(10,11)12/h7H,3-6H2,1-2H3. The Hall–Kier alpha value is -0.250. The van der Waals surface area contributed by atoms with Crippen LogP contribution in [-0.2, 0) is 4.74 Å². The van der Waals surface area contributed by atoms with Crippen LogP contribution in [-0.4, -0.2) is 18.9 Å². The molecule has 0 amide bonds. The smallest absolute Gasteiger partial charge is 0.378 e. The van der Waals surface area contributed by atoms with Crippen LogP contribution in [0.5, 0.6) is 0 Å². The van der Waals surface area contributed by atoms with E-state index in [0.717, 1.165) is 0 Å². The first-order chi connectivity index (χ1) is 5.87. The average Bonchev–Trinajstić information content (AvgIpc) is 1.80. The molecule has 0 bridgehead atoms. The molecule has 0 aromatic rings. The van der Waals surface area contributed by atoms with E-state index in [1.807, 2.05) is 0 Å². The van der Waals surface area contributed by atoms with Gasteiger partial charge in [0.05, 0.1) is 18.1 Å². The molecule has 1 saturated carbocycles. The molecule has 78 valence electrons. The zero-order valence-corrected chi connectivity index (χ0v) is 7.95. The van der Waals surface area contributed by atoms with Gasteiger partial charge in [0.1, 0.15) is 0 Å². The number of alkyl halides is 3. The van der Waals surface area contributed by atoms with Gasteiger partial charge in [0.2, 0.25) is 0 Å². The van der Waals surface area contributed by atoms with Crippen molar-refractivity contribution in [3.05, 3.63) is 0 Å². The summed E-state index contributed by atoms with van der Waals surface area (Å²) in [6, 6.07) is 0. The van der Waals surface area contributed by atoms with Crippen molar-refractivity contribution in [1.29, 1.82) is 0 Å². The second-order valence-corrected chi connectivity index (χ2v) is 3.99. The number of rotatable bonds is 3. The molecule has 1 aliphatic carbocycles. The molecule has 1 nitrogen and oxygen atoms in total. The molecule has 4 heteroatoms. The predicted molar refractivity (Wildman–Crippen MR) is 43.4 cm³/mol. The SMILES string of the molecule is CC(C)OCC1(C(F)(F)F)CCC1.